The highest BCUT2D eigenvalue weighted by atomic mass is 31.2. The van der Waals surface area contributed by atoms with Crippen LogP contribution < -0.4 is 0 Å². The van der Waals surface area contributed by atoms with Gasteiger partial charge in [-0.2, -0.15) is 0 Å². The largest absolute Gasteiger partial charge is 0.469 e. The molecule has 0 radical (unpaired) electrons. The summed E-state index contributed by atoms with van der Waals surface area (Å²) in [4.78, 5) is 42.8. The predicted molar refractivity (Wildman–Crippen MR) is 207 cm³/mol. The number of ether oxygens (including phenoxy) is 2. The van der Waals surface area contributed by atoms with Crippen molar-refractivity contribution < 1.29 is 37.9 Å². The number of hydrogen-bond donors (Lipinski definition) is 2. The maximum Gasteiger partial charge on any atom is 0.469 e. The first-order valence-electron chi connectivity index (χ1n) is 20.3. The predicted octanol–water partition coefficient (Wildman–Crippen LogP) is 12.2. The topological polar surface area (TPSA) is 119 Å². The molecule has 50 heavy (non-hydrogen) atoms. The fourth-order valence-corrected chi connectivity index (χ4v) is 5.93. The minimum atomic E-state index is -4.76. The molecule has 0 spiro atoms. The fraction of sp³-hybridized carbons (Fsp3) is 0.805. The molecule has 0 aromatic heterocycles. The molecule has 0 aliphatic heterocycles. The average Bonchev–Trinajstić information content (AvgIpc) is 3.08. The SMILES string of the molecule is CCCCCCCC/C=C/C/C=C/CCCCC(=O)O[C@H](COC(=O)CCCCCCCCC/C=C/CCCCCCCC)COP(=O)(O)O. The van der Waals surface area contributed by atoms with Crippen LogP contribution in [0, 0.1) is 0 Å². The molecule has 8 nitrogen and oxygen atoms in total. The Morgan fingerprint density at radius 1 is 0.520 bits per heavy atom. The van der Waals surface area contributed by atoms with Gasteiger partial charge in [-0.25, -0.2) is 4.57 Å². The quantitative estimate of drug-likeness (QED) is 0.0281. The molecular weight excluding hydrogens is 651 g/mol. The van der Waals surface area contributed by atoms with Gasteiger partial charge in [0.15, 0.2) is 6.10 Å². The van der Waals surface area contributed by atoms with Crippen molar-refractivity contribution in [3.05, 3.63) is 36.5 Å². The first-order chi connectivity index (χ1) is 24.3. The first-order valence-corrected chi connectivity index (χ1v) is 21.8. The number of phosphoric ester groups is 1. The molecule has 0 bridgehead atoms. The van der Waals surface area contributed by atoms with Gasteiger partial charge in [-0.05, 0) is 70.6 Å². The Morgan fingerprint density at radius 3 is 1.38 bits per heavy atom. The zero-order chi connectivity index (χ0) is 36.8. The van der Waals surface area contributed by atoms with Gasteiger partial charge < -0.3 is 19.3 Å². The summed E-state index contributed by atoms with van der Waals surface area (Å²) in [7, 11) is -4.76. The van der Waals surface area contributed by atoms with Crippen LogP contribution in [0.25, 0.3) is 0 Å². The minimum absolute atomic E-state index is 0.169. The lowest BCUT2D eigenvalue weighted by molar-refractivity contribution is -0.161. The molecule has 292 valence electrons. The van der Waals surface area contributed by atoms with E-state index in [1.54, 1.807) is 0 Å². The van der Waals surface area contributed by atoms with Crippen molar-refractivity contribution >= 4 is 19.8 Å². The second-order valence-corrected chi connectivity index (χ2v) is 14.8. The van der Waals surface area contributed by atoms with E-state index in [2.05, 4.69) is 54.8 Å². The lowest BCUT2D eigenvalue weighted by Crippen LogP contribution is -2.29. The Morgan fingerprint density at radius 2 is 0.900 bits per heavy atom. The van der Waals surface area contributed by atoms with Crippen molar-refractivity contribution in [1.82, 2.24) is 0 Å². The van der Waals surface area contributed by atoms with Crippen LogP contribution >= 0.6 is 7.82 Å². The van der Waals surface area contributed by atoms with Crippen molar-refractivity contribution in [2.24, 2.45) is 0 Å². The highest BCUT2D eigenvalue weighted by Crippen LogP contribution is 2.36. The van der Waals surface area contributed by atoms with Crippen LogP contribution in [0.15, 0.2) is 36.5 Å². The summed E-state index contributed by atoms with van der Waals surface area (Å²) in [5.41, 5.74) is 0. The van der Waals surface area contributed by atoms with Crippen molar-refractivity contribution in [2.75, 3.05) is 13.2 Å². The summed E-state index contributed by atoms with van der Waals surface area (Å²) < 4.78 is 26.3. The van der Waals surface area contributed by atoms with E-state index in [9.17, 15) is 14.2 Å². The van der Waals surface area contributed by atoms with Crippen molar-refractivity contribution in [1.29, 1.82) is 0 Å². The first kappa shape index (κ1) is 48.3. The third-order valence-corrected chi connectivity index (χ3v) is 9.12. The third kappa shape index (κ3) is 39.1. The van der Waals surface area contributed by atoms with Gasteiger partial charge in [-0.1, -0.05) is 147 Å². The molecule has 0 aromatic rings. The molecule has 0 amide bonds. The van der Waals surface area contributed by atoms with Gasteiger partial charge in [0.05, 0.1) is 6.61 Å². The standard InChI is InChI=1S/C41H75O8P/c1-3-5-7-9-11-13-15-17-19-20-22-23-25-27-29-31-33-35-40(42)47-37-39(38-48-50(44,45)46)49-41(43)36-34-32-30-28-26-24-21-18-16-14-12-10-8-6-4-2/h17-19,21,26,28,39H,3-16,20,22-25,27,29-38H2,1-2H3,(H2,44,45,46)/b19-17+,21-18+,28-26+/t39-/m1/s1. The number of carbonyl (C=O) groups excluding carboxylic acids is 2. The molecule has 0 saturated heterocycles. The average molecular weight is 727 g/mol. The van der Waals surface area contributed by atoms with Crippen LogP contribution in [0.5, 0.6) is 0 Å². The van der Waals surface area contributed by atoms with E-state index in [0.29, 0.717) is 12.8 Å². The third-order valence-electron chi connectivity index (χ3n) is 8.63. The molecule has 0 saturated carbocycles. The van der Waals surface area contributed by atoms with Crippen molar-refractivity contribution in [2.45, 2.75) is 200 Å². The minimum Gasteiger partial charge on any atom is -0.462 e. The summed E-state index contributed by atoms with van der Waals surface area (Å²) in [5, 5.41) is 0. The van der Waals surface area contributed by atoms with Gasteiger partial charge in [0.1, 0.15) is 6.61 Å². The molecule has 9 heteroatoms. The van der Waals surface area contributed by atoms with E-state index < -0.39 is 32.5 Å². The highest BCUT2D eigenvalue weighted by Gasteiger charge is 2.22. The molecule has 0 aliphatic rings. The van der Waals surface area contributed by atoms with Crippen molar-refractivity contribution in [3.8, 4) is 0 Å². The number of hydrogen-bond acceptors (Lipinski definition) is 6. The van der Waals surface area contributed by atoms with Gasteiger partial charge in [0, 0.05) is 12.8 Å². The number of phosphoric acid groups is 1. The molecular formula is C41H75O8P. The number of allylic oxidation sites excluding steroid dienone is 6. The van der Waals surface area contributed by atoms with E-state index in [-0.39, 0.29) is 19.4 Å². The Kier molecular flexibility index (Phi) is 35.8. The molecule has 0 unspecified atom stereocenters. The van der Waals surface area contributed by atoms with Crippen LogP contribution in [-0.4, -0.2) is 41.0 Å². The molecule has 0 heterocycles. The zero-order valence-electron chi connectivity index (χ0n) is 32.0. The number of esters is 2. The molecule has 0 rings (SSSR count). The second kappa shape index (κ2) is 37.0. The molecule has 1 atom stereocenters. The van der Waals surface area contributed by atoms with Gasteiger partial charge in [-0.3, -0.25) is 14.1 Å². The highest BCUT2D eigenvalue weighted by molar-refractivity contribution is 7.46. The summed E-state index contributed by atoms with van der Waals surface area (Å²) in [5.74, 6) is -0.926. The molecule has 0 fully saturated rings. The van der Waals surface area contributed by atoms with E-state index in [4.69, 9.17) is 19.3 Å². The van der Waals surface area contributed by atoms with Crippen LogP contribution in [-0.2, 0) is 28.2 Å². The normalized spacial score (nSPS) is 12.8. The van der Waals surface area contributed by atoms with Gasteiger partial charge in [0.25, 0.3) is 0 Å². The fourth-order valence-electron chi connectivity index (χ4n) is 5.57. The van der Waals surface area contributed by atoms with Gasteiger partial charge in [-0.15, -0.1) is 0 Å². The Balaban J connectivity index is 3.98. The monoisotopic (exact) mass is 727 g/mol. The van der Waals surface area contributed by atoms with E-state index >= 15 is 0 Å². The Hall–Kier alpha value is -1.73. The van der Waals surface area contributed by atoms with E-state index in [1.165, 1.54) is 103 Å². The summed E-state index contributed by atoms with van der Waals surface area (Å²) >= 11 is 0. The molecule has 0 aromatic carbocycles. The number of carbonyl (C=O) groups is 2. The summed E-state index contributed by atoms with van der Waals surface area (Å²) in [6, 6.07) is 0. The maximum absolute atomic E-state index is 12.4. The number of rotatable bonds is 37. The van der Waals surface area contributed by atoms with E-state index in [1.807, 2.05) is 0 Å². The molecule has 2 N–H and O–H groups in total. The smallest absolute Gasteiger partial charge is 0.462 e. The van der Waals surface area contributed by atoms with Crippen LogP contribution in [0.3, 0.4) is 0 Å². The van der Waals surface area contributed by atoms with Crippen molar-refractivity contribution in [3.63, 3.8) is 0 Å². The van der Waals surface area contributed by atoms with Crippen LogP contribution in [0.1, 0.15) is 194 Å². The van der Waals surface area contributed by atoms with Crippen LogP contribution in [0.2, 0.25) is 0 Å². The summed E-state index contributed by atoms with van der Waals surface area (Å²) in [6.45, 7) is 3.64. The second-order valence-electron chi connectivity index (χ2n) is 13.6. The molecule has 0 aliphatic carbocycles. The van der Waals surface area contributed by atoms with Gasteiger partial charge in [0.2, 0.25) is 0 Å². The zero-order valence-corrected chi connectivity index (χ0v) is 32.9. The van der Waals surface area contributed by atoms with E-state index in [0.717, 1.165) is 51.4 Å². The Bertz CT molecular complexity index is 910. The Labute approximate surface area is 306 Å². The lowest BCUT2D eigenvalue weighted by atomic mass is 10.1. The lowest BCUT2D eigenvalue weighted by Gasteiger charge is -2.18. The maximum atomic E-state index is 12.4. The van der Waals surface area contributed by atoms with Crippen LogP contribution in [0.4, 0.5) is 0 Å². The van der Waals surface area contributed by atoms with Gasteiger partial charge >= 0.3 is 19.8 Å². The summed E-state index contributed by atoms with van der Waals surface area (Å²) in [6.07, 6.45) is 42.9. The number of unbranched alkanes of at least 4 members (excludes halogenated alkanes) is 21.